The third kappa shape index (κ3) is 44.6. The normalized spacial score (nSPS) is 14.0. The van der Waals surface area contributed by atoms with E-state index in [1.807, 2.05) is 6.08 Å². The molecule has 9 nitrogen and oxygen atoms in total. The fraction of sp³-hybridized carbons (Fsp3) is 0.673. The summed E-state index contributed by atoms with van der Waals surface area (Å²) in [7, 11) is -4.40. The van der Waals surface area contributed by atoms with Crippen molar-refractivity contribution >= 4 is 19.8 Å². The van der Waals surface area contributed by atoms with Crippen LogP contribution in [0.4, 0.5) is 0 Å². The summed E-state index contributed by atoms with van der Waals surface area (Å²) in [5, 5.41) is 0. The van der Waals surface area contributed by atoms with Crippen molar-refractivity contribution < 1.29 is 37.6 Å². The summed E-state index contributed by atoms with van der Waals surface area (Å²) in [5.41, 5.74) is 5.35. The van der Waals surface area contributed by atoms with Crippen LogP contribution in [0.1, 0.15) is 181 Å². The van der Waals surface area contributed by atoms with E-state index in [0.29, 0.717) is 12.8 Å². The number of phosphoric ester groups is 1. The van der Waals surface area contributed by atoms with Crippen molar-refractivity contribution in [1.82, 2.24) is 0 Å². The molecule has 0 aromatic heterocycles. The summed E-state index contributed by atoms with van der Waals surface area (Å²) in [6, 6.07) is 0. The minimum Gasteiger partial charge on any atom is -0.462 e. The molecule has 0 aliphatic carbocycles. The molecule has 0 heterocycles. The maximum absolute atomic E-state index is 12.6. The van der Waals surface area contributed by atoms with Gasteiger partial charge in [0, 0.05) is 19.4 Å². The van der Waals surface area contributed by atoms with E-state index in [4.69, 9.17) is 24.3 Å². The zero-order valence-electron chi connectivity index (χ0n) is 37.2. The number of nitrogens with two attached hydrogens (primary N) is 1. The fourth-order valence-electron chi connectivity index (χ4n) is 5.92. The Morgan fingerprint density at radius 2 is 0.932 bits per heavy atom. The Balaban J connectivity index is 4.25. The highest BCUT2D eigenvalue weighted by atomic mass is 31.2. The van der Waals surface area contributed by atoms with Crippen LogP contribution in [-0.4, -0.2) is 49.3 Å². The molecule has 0 spiro atoms. The van der Waals surface area contributed by atoms with Crippen molar-refractivity contribution in [2.45, 2.75) is 187 Å². The van der Waals surface area contributed by atoms with Gasteiger partial charge in [-0.2, -0.15) is 0 Å². The second-order valence-corrected chi connectivity index (χ2v) is 16.3. The summed E-state index contributed by atoms with van der Waals surface area (Å²) in [6.07, 6.45) is 56.2. The van der Waals surface area contributed by atoms with Crippen LogP contribution in [0.2, 0.25) is 0 Å². The molecule has 0 aromatic rings. The molecule has 0 bridgehead atoms. The van der Waals surface area contributed by atoms with E-state index in [1.165, 1.54) is 77.0 Å². The lowest BCUT2D eigenvalue weighted by molar-refractivity contribution is -0.161. The SMILES string of the molecule is CC/C=C\C/C=C\C/C=C\C/C=C\C/C=C\C/C=C\C/C=C\CCCC(=O)OC(COC(=O)CCCCCCCCCCCCCCCCC)COP(=O)(O)OCCN. The number of esters is 2. The second kappa shape index (κ2) is 44.7. The number of hydrogen-bond acceptors (Lipinski definition) is 8. The molecule has 0 aromatic carbocycles. The largest absolute Gasteiger partial charge is 0.472 e. The maximum atomic E-state index is 12.6. The monoisotopic (exact) mass is 846 g/mol. The van der Waals surface area contributed by atoms with Gasteiger partial charge in [-0.1, -0.05) is 189 Å². The van der Waals surface area contributed by atoms with Crippen LogP contribution in [0, 0.1) is 0 Å². The molecular weight excluding hydrogens is 762 g/mol. The Morgan fingerprint density at radius 1 is 0.525 bits per heavy atom. The average molecular weight is 846 g/mol. The Labute approximate surface area is 360 Å². The number of carbonyl (C=O) groups excluding carboxylic acids is 2. The highest BCUT2D eigenvalue weighted by molar-refractivity contribution is 7.47. The van der Waals surface area contributed by atoms with Gasteiger partial charge in [0.1, 0.15) is 6.61 Å². The Morgan fingerprint density at radius 3 is 1.37 bits per heavy atom. The van der Waals surface area contributed by atoms with Crippen LogP contribution in [0.15, 0.2) is 85.1 Å². The van der Waals surface area contributed by atoms with Gasteiger partial charge in [0.2, 0.25) is 0 Å². The van der Waals surface area contributed by atoms with Gasteiger partial charge in [-0.25, -0.2) is 4.57 Å². The maximum Gasteiger partial charge on any atom is 0.472 e. The zero-order valence-corrected chi connectivity index (χ0v) is 38.1. The van der Waals surface area contributed by atoms with Gasteiger partial charge in [-0.05, 0) is 64.2 Å². The second-order valence-electron chi connectivity index (χ2n) is 14.9. The van der Waals surface area contributed by atoms with Crippen molar-refractivity contribution in [3.8, 4) is 0 Å². The molecule has 2 unspecified atom stereocenters. The van der Waals surface area contributed by atoms with Crippen LogP contribution in [0.3, 0.4) is 0 Å². The third-order valence-corrected chi connectivity index (χ3v) is 10.3. The molecule has 338 valence electrons. The van der Waals surface area contributed by atoms with E-state index in [0.717, 1.165) is 64.2 Å². The molecule has 3 N–H and O–H groups in total. The lowest BCUT2D eigenvalue weighted by Crippen LogP contribution is -2.29. The van der Waals surface area contributed by atoms with Crippen molar-refractivity contribution in [3.63, 3.8) is 0 Å². The molecule has 0 aliphatic heterocycles. The Kier molecular flexibility index (Phi) is 42.6. The zero-order chi connectivity index (χ0) is 43.2. The van der Waals surface area contributed by atoms with Crippen LogP contribution >= 0.6 is 7.82 Å². The first-order valence-corrected chi connectivity index (χ1v) is 24.6. The van der Waals surface area contributed by atoms with Crippen LogP contribution in [0.25, 0.3) is 0 Å². The number of rotatable bonds is 42. The Bertz CT molecular complexity index is 1240. The van der Waals surface area contributed by atoms with Crippen molar-refractivity contribution in [2.75, 3.05) is 26.4 Å². The van der Waals surface area contributed by atoms with E-state index in [-0.39, 0.29) is 32.6 Å². The quantitative estimate of drug-likeness (QED) is 0.0266. The molecule has 0 saturated carbocycles. The summed E-state index contributed by atoms with van der Waals surface area (Å²) in [4.78, 5) is 34.9. The number of hydrogen-bond donors (Lipinski definition) is 2. The predicted octanol–water partition coefficient (Wildman–Crippen LogP) is 13.6. The predicted molar refractivity (Wildman–Crippen MR) is 247 cm³/mol. The standard InChI is InChI=1S/C49H84NO8P/c1-3-5-7-9-11-13-15-17-19-20-21-22-23-24-25-26-28-30-32-34-36-38-40-42-49(52)58-47(46-57-59(53,54)56-44-43-50)45-55-48(51)41-39-37-35-33-31-29-27-18-16-14-12-10-8-6-4-2/h5,7,11,13,17,19,21-22,24-25,28,30,34,36,47H,3-4,6,8-10,12,14-16,18,20,23,26-27,29,31-33,35,37-46,50H2,1-2H3,(H,53,54)/b7-5-,13-11-,19-17-,22-21-,25-24-,30-28-,36-34-. The first-order chi connectivity index (χ1) is 28.8. The van der Waals surface area contributed by atoms with Gasteiger partial charge in [0.15, 0.2) is 6.10 Å². The van der Waals surface area contributed by atoms with E-state index in [9.17, 15) is 19.0 Å². The van der Waals surface area contributed by atoms with Crippen LogP contribution < -0.4 is 5.73 Å². The van der Waals surface area contributed by atoms with Gasteiger partial charge in [0.05, 0.1) is 13.2 Å². The molecule has 0 saturated heterocycles. The lowest BCUT2D eigenvalue weighted by atomic mass is 10.0. The summed E-state index contributed by atoms with van der Waals surface area (Å²) in [5.74, 6) is -0.901. The minimum atomic E-state index is -4.40. The van der Waals surface area contributed by atoms with Crippen molar-refractivity contribution in [1.29, 1.82) is 0 Å². The summed E-state index contributed by atoms with van der Waals surface area (Å²) < 4.78 is 32.8. The van der Waals surface area contributed by atoms with E-state index in [2.05, 4.69) is 92.8 Å². The van der Waals surface area contributed by atoms with Crippen LogP contribution in [-0.2, 0) is 32.7 Å². The molecule has 0 aliphatic rings. The smallest absolute Gasteiger partial charge is 0.462 e. The van der Waals surface area contributed by atoms with Gasteiger partial charge in [-0.3, -0.25) is 18.6 Å². The first-order valence-electron chi connectivity index (χ1n) is 23.1. The molecule has 59 heavy (non-hydrogen) atoms. The lowest BCUT2D eigenvalue weighted by Gasteiger charge is -2.19. The van der Waals surface area contributed by atoms with E-state index in [1.54, 1.807) is 0 Å². The molecule has 0 amide bonds. The number of allylic oxidation sites excluding steroid dienone is 14. The molecule has 0 rings (SSSR count). The number of phosphoric acid groups is 1. The summed E-state index contributed by atoms with van der Waals surface area (Å²) in [6.45, 7) is 3.55. The van der Waals surface area contributed by atoms with Gasteiger partial charge < -0.3 is 20.1 Å². The Hall–Kier alpha value is -2.81. The number of carbonyl (C=O) groups is 2. The van der Waals surface area contributed by atoms with E-state index < -0.39 is 32.5 Å². The van der Waals surface area contributed by atoms with Gasteiger partial charge in [-0.15, -0.1) is 0 Å². The number of ether oxygens (including phenoxy) is 2. The van der Waals surface area contributed by atoms with Crippen molar-refractivity contribution in [2.24, 2.45) is 5.73 Å². The minimum absolute atomic E-state index is 0.0408. The topological polar surface area (TPSA) is 134 Å². The molecule has 2 atom stereocenters. The molecule has 0 radical (unpaired) electrons. The number of unbranched alkanes of at least 4 members (excludes halogenated alkanes) is 15. The molecular formula is C49H84NO8P. The van der Waals surface area contributed by atoms with Crippen molar-refractivity contribution in [3.05, 3.63) is 85.1 Å². The summed E-state index contributed by atoms with van der Waals surface area (Å²) >= 11 is 0. The highest BCUT2D eigenvalue weighted by Gasteiger charge is 2.25. The molecule has 10 heteroatoms. The van der Waals surface area contributed by atoms with Gasteiger partial charge in [0.25, 0.3) is 0 Å². The highest BCUT2D eigenvalue weighted by Crippen LogP contribution is 2.43. The van der Waals surface area contributed by atoms with E-state index >= 15 is 0 Å². The average Bonchev–Trinajstić information content (AvgIpc) is 3.22. The fourth-order valence-corrected chi connectivity index (χ4v) is 6.68. The van der Waals surface area contributed by atoms with Gasteiger partial charge >= 0.3 is 19.8 Å². The first kappa shape index (κ1) is 56.2. The van der Waals surface area contributed by atoms with Crippen LogP contribution in [0.5, 0.6) is 0 Å². The third-order valence-electron chi connectivity index (χ3n) is 9.30. The molecule has 0 fully saturated rings.